The summed E-state index contributed by atoms with van der Waals surface area (Å²) in [6.45, 7) is 6.00. The first-order valence-electron chi connectivity index (χ1n) is 21.5. The Morgan fingerprint density at radius 3 is 0.700 bits per heavy atom. The van der Waals surface area contributed by atoms with Gasteiger partial charge in [0.2, 0.25) is 0 Å². The van der Waals surface area contributed by atoms with E-state index in [1.807, 2.05) is 0 Å². The maximum Gasteiger partial charge on any atom is 0.492 e. The second-order valence-corrected chi connectivity index (χ2v) is 17.8. The summed E-state index contributed by atoms with van der Waals surface area (Å²) in [4.78, 5) is 16.3. The standard InChI is InChI=1S/C40H32N4Si.3C4H8O/c1-5-21-33-29(13-1)17-9-25-37(33)41-45(42-38-26-10-18-30-14-2-6-22-34(30)38,43-39-27-11-19-31-15-3-7-23-35(31)39)44-40-28-12-20-32-16-4-8-24-36(32)40;3*1-2-4-5-3-1/h1-28,41-44H;3*1-4H2. The average molecular weight is 813 g/mol. The number of anilines is 4. The predicted molar refractivity (Wildman–Crippen MR) is 256 cm³/mol. The fraction of sp³-hybridized carbons (Fsp3) is 0.231. The monoisotopic (exact) mass is 812 g/mol. The lowest BCUT2D eigenvalue weighted by Crippen LogP contribution is -2.66. The Kier molecular flexibility index (Phi) is 14.2. The Bertz CT molecular complexity index is 2190. The number of hydrogen-bond donors (Lipinski definition) is 4. The van der Waals surface area contributed by atoms with Gasteiger partial charge in [-0.15, -0.1) is 0 Å². The van der Waals surface area contributed by atoms with Crippen LogP contribution in [-0.4, -0.2) is 48.4 Å². The summed E-state index contributed by atoms with van der Waals surface area (Å²) >= 11 is 0. The molecule has 8 heteroatoms. The second kappa shape index (κ2) is 20.9. The molecule has 3 fully saturated rings. The van der Waals surface area contributed by atoms with Crippen molar-refractivity contribution in [2.24, 2.45) is 0 Å². The Hall–Kier alpha value is -5.90. The quantitative estimate of drug-likeness (QED) is 0.114. The molecule has 4 N–H and O–H groups in total. The molecule has 8 aromatic rings. The molecule has 60 heavy (non-hydrogen) atoms. The molecule has 0 aliphatic carbocycles. The average Bonchev–Trinajstić information content (AvgIpc) is 4.16. The molecule has 0 saturated carbocycles. The number of benzene rings is 8. The third-order valence-corrected chi connectivity index (χ3v) is 13.5. The van der Waals surface area contributed by atoms with Crippen LogP contribution < -0.4 is 19.9 Å². The first-order valence-corrected chi connectivity index (χ1v) is 23.5. The van der Waals surface area contributed by atoms with Crippen molar-refractivity contribution in [2.45, 2.75) is 38.5 Å². The molecule has 0 unspecified atom stereocenters. The highest BCUT2D eigenvalue weighted by atomic mass is 28.4. The van der Waals surface area contributed by atoms with Gasteiger partial charge in [-0.25, -0.2) is 0 Å². The van der Waals surface area contributed by atoms with E-state index in [1.54, 1.807) is 0 Å². The van der Waals surface area contributed by atoms with Crippen LogP contribution in [0.3, 0.4) is 0 Å². The van der Waals surface area contributed by atoms with E-state index in [2.05, 4.69) is 190 Å². The smallest absolute Gasteiger partial charge is 0.381 e. The fourth-order valence-corrected chi connectivity index (χ4v) is 10.7. The molecule has 7 nitrogen and oxygen atoms in total. The second-order valence-electron chi connectivity index (χ2n) is 15.3. The van der Waals surface area contributed by atoms with E-state index in [0.717, 1.165) is 83.9 Å². The molecule has 0 aromatic heterocycles. The predicted octanol–water partition coefficient (Wildman–Crippen LogP) is 12.9. The normalized spacial score (nSPS) is 14.7. The minimum Gasteiger partial charge on any atom is -0.381 e. The molecule has 11 rings (SSSR count). The van der Waals surface area contributed by atoms with Gasteiger partial charge in [0, 0.05) is 83.9 Å². The van der Waals surface area contributed by atoms with Crippen molar-refractivity contribution in [1.82, 2.24) is 0 Å². The molecular formula is C52H56N4O3Si. The van der Waals surface area contributed by atoms with Gasteiger partial charge < -0.3 is 34.1 Å². The summed E-state index contributed by atoms with van der Waals surface area (Å²) in [5.41, 5.74) is 4.20. The summed E-state index contributed by atoms with van der Waals surface area (Å²) in [7, 11) is -3.23. The molecule has 3 saturated heterocycles. The van der Waals surface area contributed by atoms with Gasteiger partial charge >= 0.3 is 8.72 Å². The molecule has 0 amide bonds. The van der Waals surface area contributed by atoms with Crippen molar-refractivity contribution in [1.29, 1.82) is 0 Å². The van der Waals surface area contributed by atoms with Crippen molar-refractivity contribution in [3.63, 3.8) is 0 Å². The van der Waals surface area contributed by atoms with Gasteiger partial charge in [-0.1, -0.05) is 146 Å². The van der Waals surface area contributed by atoms with Gasteiger partial charge in [0.25, 0.3) is 0 Å². The topological polar surface area (TPSA) is 75.8 Å². The third-order valence-electron chi connectivity index (χ3n) is 10.9. The molecule has 3 aliphatic heterocycles. The molecule has 3 aliphatic rings. The Balaban J connectivity index is 0.000000278. The van der Waals surface area contributed by atoms with Crippen molar-refractivity contribution in [3.05, 3.63) is 170 Å². The maximum atomic E-state index is 4.94. The molecule has 306 valence electrons. The first kappa shape index (κ1) is 40.9. The minimum absolute atomic E-state index is 1.00. The maximum absolute atomic E-state index is 4.94. The van der Waals surface area contributed by atoms with Crippen LogP contribution >= 0.6 is 0 Å². The highest BCUT2D eigenvalue weighted by Crippen LogP contribution is 2.33. The molecular weight excluding hydrogens is 757 g/mol. The van der Waals surface area contributed by atoms with E-state index in [0.29, 0.717) is 0 Å². The summed E-state index contributed by atoms with van der Waals surface area (Å²) in [6.07, 6.45) is 7.67. The summed E-state index contributed by atoms with van der Waals surface area (Å²) in [6, 6.07) is 60.0. The summed E-state index contributed by atoms with van der Waals surface area (Å²) in [5.74, 6) is 0. The number of rotatable bonds is 8. The zero-order valence-electron chi connectivity index (χ0n) is 34.4. The van der Waals surface area contributed by atoms with Crippen LogP contribution in [0.2, 0.25) is 0 Å². The lowest BCUT2D eigenvalue weighted by molar-refractivity contribution is 0.198. The van der Waals surface area contributed by atoms with Crippen molar-refractivity contribution in [2.75, 3.05) is 59.6 Å². The van der Waals surface area contributed by atoms with Crippen LogP contribution in [0.25, 0.3) is 43.1 Å². The lowest BCUT2D eigenvalue weighted by Gasteiger charge is -2.37. The third kappa shape index (κ3) is 10.6. The van der Waals surface area contributed by atoms with Gasteiger partial charge in [0.1, 0.15) is 0 Å². The zero-order chi connectivity index (χ0) is 40.7. The lowest BCUT2D eigenvalue weighted by atomic mass is 10.1. The number of ether oxygens (including phenoxy) is 3. The highest BCUT2D eigenvalue weighted by molar-refractivity contribution is 6.91. The SMILES string of the molecule is C1CCOC1.C1CCOC1.C1CCOC1.c1ccc2c(N[Si](Nc3cccc4ccccc34)(Nc3cccc4ccccc34)Nc3cccc4ccccc34)cccc2c1. The molecule has 3 heterocycles. The van der Waals surface area contributed by atoms with Crippen LogP contribution in [0.1, 0.15) is 38.5 Å². The minimum atomic E-state index is -3.23. The van der Waals surface area contributed by atoms with Crippen molar-refractivity contribution in [3.8, 4) is 0 Å². The van der Waals surface area contributed by atoms with Crippen LogP contribution in [0.4, 0.5) is 22.7 Å². The molecule has 0 bridgehead atoms. The zero-order valence-corrected chi connectivity index (χ0v) is 35.4. The molecule has 0 atom stereocenters. The van der Waals surface area contributed by atoms with Crippen LogP contribution in [0.5, 0.6) is 0 Å². The fourth-order valence-electron chi connectivity index (χ4n) is 7.86. The van der Waals surface area contributed by atoms with E-state index in [1.165, 1.54) is 60.1 Å². The molecule has 0 radical (unpaired) electrons. The number of hydrogen-bond acceptors (Lipinski definition) is 7. The molecule has 0 spiro atoms. The van der Waals surface area contributed by atoms with Gasteiger partial charge in [-0.05, 0) is 84.3 Å². The van der Waals surface area contributed by atoms with Crippen LogP contribution in [0, 0.1) is 0 Å². The summed E-state index contributed by atoms with van der Waals surface area (Å²) in [5, 5.41) is 9.40. The number of fused-ring (bicyclic) bond motifs is 4. The van der Waals surface area contributed by atoms with Crippen LogP contribution in [-0.2, 0) is 14.2 Å². The van der Waals surface area contributed by atoms with E-state index in [9.17, 15) is 0 Å². The Labute approximate surface area is 355 Å². The molecule has 8 aromatic carbocycles. The summed E-state index contributed by atoms with van der Waals surface area (Å²) < 4.78 is 14.8. The van der Waals surface area contributed by atoms with Crippen LogP contribution in [0.15, 0.2) is 170 Å². The van der Waals surface area contributed by atoms with E-state index in [-0.39, 0.29) is 0 Å². The van der Waals surface area contributed by atoms with Gasteiger partial charge in [-0.2, -0.15) is 0 Å². The number of nitrogens with one attached hydrogen (secondary N) is 4. The van der Waals surface area contributed by atoms with E-state index in [4.69, 9.17) is 14.2 Å². The first-order chi connectivity index (χ1) is 29.7. The van der Waals surface area contributed by atoms with E-state index < -0.39 is 8.72 Å². The van der Waals surface area contributed by atoms with Crippen molar-refractivity contribution < 1.29 is 14.2 Å². The largest absolute Gasteiger partial charge is 0.492 e. The Morgan fingerprint density at radius 1 is 0.267 bits per heavy atom. The Morgan fingerprint density at radius 2 is 0.483 bits per heavy atom. The van der Waals surface area contributed by atoms with Gasteiger partial charge in [0.15, 0.2) is 0 Å². The highest BCUT2D eigenvalue weighted by Gasteiger charge is 2.39. The van der Waals surface area contributed by atoms with Gasteiger partial charge in [-0.3, -0.25) is 0 Å². The van der Waals surface area contributed by atoms with Gasteiger partial charge in [0.05, 0.1) is 0 Å². The van der Waals surface area contributed by atoms with E-state index >= 15 is 0 Å². The van der Waals surface area contributed by atoms with Crippen molar-refractivity contribution >= 4 is 74.6 Å².